The van der Waals surface area contributed by atoms with E-state index in [1.165, 1.54) is 42.0 Å². The van der Waals surface area contributed by atoms with Crippen molar-refractivity contribution in [3.63, 3.8) is 0 Å². The first kappa shape index (κ1) is 10.2. The lowest BCUT2D eigenvalue weighted by molar-refractivity contribution is 0.719. The van der Waals surface area contributed by atoms with E-state index in [9.17, 15) is 0 Å². The highest BCUT2D eigenvalue weighted by Crippen LogP contribution is 2.20. The summed E-state index contributed by atoms with van der Waals surface area (Å²) in [6, 6.07) is 15.3. The third kappa shape index (κ3) is 2.38. The van der Waals surface area contributed by atoms with Crippen LogP contribution >= 0.6 is 0 Å². The Bertz CT molecular complexity index is 423. The summed E-state index contributed by atoms with van der Waals surface area (Å²) in [6.45, 7) is 2.25. The third-order valence-electron chi connectivity index (χ3n) is 2.93. The van der Waals surface area contributed by atoms with Gasteiger partial charge in [-0.15, -0.1) is 0 Å². The molecule has 0 fully saturated rings. The number of aryl methyl sites for hydroxylation is 1. The van der Waals surface area contributed by atoms with Crippen LogP contribution in [0.15, 0.2) is 42.5 Å². The second-order valence-electron chi connectivity index (χ2n) is 4.10. The van der Waals surface area contributed by atoms with Crippen molar-refractivity contribution in [1.82, 2.24) is 0 Å². The van der Waals surface area contributed by atoms with Crippen LogP contribution < -0.4 is 0 Å². The lowest BCUT2D eigenvalue weighted by Gasteiger charge is -2.05. The maximum absolute atomic E-state index is 2.26. The van der Waals surface area contributed by atoms with Gasteiger partial charge in [-0.05, 0) is 29.2 Å². The molecular weight excluding hydrogens is 180 g/mol. The summed E-state index contributed by atoms with van der Waals surface area (Å²) in [7, 11) is 0. The molecule has 0 saturated heterocycles. The molecule has 0 heteroatoms. The molecule has 0 aliphatic carbocycles. The quantitative estimate of drug-likeness (QED) is 0.631. The summed E-state index contributed by atoms with van der Waals surface area (Å²) in [4.78, 5) is 0. The van der Waals surface area contributed by atoms with Crippen LogP contribution in [0.4, 0.5) is 0 Å². The van der Waals surface area contributed by atoms with Gasteiger partial charge in [-0.1, -0.05) is 62.2 Å². The van der Waals surface area contributed by atoms with Gasteiger partial charge in [-0.25, -0.2) is 0 Å². The van der Waals surface area contributed by atoms with E-state index in [0.717, 1.165) is 0 Å². The van der Waals surface area contributed by atoms with Crippen molar-refractivity contribution in [3.8, 4) is 0 Å². The standard InChI is InChI=1S/C15H18/c1-2-3-4-8-13-10-7-11-14-9-5-6-12-15(13)14/h5-7,9-12H,2-4,8H2,1H3. The first-order valence-corrected chi connectivity index (χ1v) is 5.88. The Morgan fingerprint density at radius 3 is 2.53 bits per heavy atom. The summed E-state index contributed by atoms with van der Waals surface area (Å²) in [5, 5.41) is 2.79. The van der Waals surface area contributed by atoms with Crippen molar-refractivity contribution in [2.24, 2.45) is 0 Å². The number of benzene rings is 2. The molecular formula is C15H18. The molecule has 0 atom stereocenters. The van der Waals surface area contributed by atoms with Crippen molar-refractivity contribution in [1.29, 1.82) is 0 Å². The van der Waals surface area contributed by atoms with E-state index in [1.54, 1.807) is 0 Å². The van der Waals surface area contributed by atoms with Crippen LogP contribution in [-0.4, -0.2) is 0 Å². The Hall–Kier alpha value is -1.30. The minimum Gasteiger partial charge on any atom is -0.0654 e. The van der Waals surface area contributed by atoms with Gasteiger partial charge in [0.05, 0.1) is 0 Å². The third-order valence-corrected chi connectivity index (χ3v) is 2.93. The molecule has 0 N–H and O–H groups in total. The normalized spacial score (nSPS) is 10.7. The van der Waals surface area contributed by atoms with Gasteiger partial charge in [-0.3, -0.25) is 0 Å². The molecule has 0 heterocycles. The molecule has 0 amide bonds. The number of unbranched alkanes of at least 4 members (excludes halogenated alkanes) is 2. The first-order valence-electron chi connectivity index (χ1n) is 5.88. The predicted octanol–water partition coefficient (Wildman–Crippen LogP) is 4.57. The molecule has 0 nitrogen and oxygen atoms in total. The highest BCUT2D eigenvalue weighted by atomic mass is 14.0. The van der Waals surface area contributed by atoms with Gasteiger partial charge in [0, 0.05) is 0 Å². The average molecular weight is 198 g/mol. The fourth-order valence-corrected chi connectivity index (χ4v) is 2.08. The smallest absolute Gasteiger partial charge is 0.0152 e. The fraction of sp³-hybridized carbons (Fsp3) is 0.333. The van der Waals surface area contributed by atoms with Crippen LogP contribution in [0.5, 0.6) is 0 Å². The van der Waals surface area contributed by atoms with E-state index in [-0.39, 0.29) is 0 Å². The molecule has 0 unspecified atom stereocenters. The molecule has 0 aromatic heterocycles. The van der Waals surface area contributed by atoms with E-state index in [4.69, 9.17) is 0 Å². The Morgan fingerprint density at radius 2 is 1.67 bits per heavy atom. The van der Waals surface area contributed by atoms with Gasteiger partial charge < -0.3 is 0 Å². The maximum Gasteiger partial charge on any atom is -0.0152 e. The molecule has 0 aliphatic rings. The van der Waals surface area contributed by atoms with Crippen molar-refractivity contribution in [2.45, 2.75) is 32.6 Å². The topological polar surface area (TPSA) is 0 Å². The Balaban J connectivity index is 2.26. The van der Waals surface area contributed by atoms with Crippen LogP contribution in [0, 0.1) is 0 Å². The Morgan fingerprint density at radius 1 is 0.867 bits per heavy atom. The van der Waals surface area contributed by atoms with Crippen LogP contribution in [0.25, 0.3) is 10.8 Å². The number of hydrogen-bond acceptors (Lipinski definition) is 0. The molecule has 0 saturated carbocycles. The summed E-state index contributed by atoms with van der Waals surface area (Å²) in [6.07, 6.45) is 5.16. The second-order valence-corrected chi connectivity index (χ2v) is 4.10. The van der Waals surface area contributed by atoms with Crippen LogP contribution in [0.3, 0.4) is 0 Å². The van der Waals surface area contributed by atoms with Gasteiger partial charge in [-0.2, -0.15) is 0 Å². The van der Waals surface area contributed by atoms with E-state index in [1.807, 2.05) is 0 Å². The van der Waals surface area contributed by atoms with Gasteiger partial charge in [0.2, 0.25) is 0 Å². The van der Waals surface area contributed by atoms with Gasteiger partial charge in [0.15, 0.2) is 0 Å². The summed E-state index contributed by atoms with van der Waals surface area (Å²) in [5.41, 5.74) is 1.50. The fourth-order valence-electron chi connectivity index (χ4n) is 2.08. The Kier molecular flexibility index (Phi) is 3.39. The predicted molar refractivity (Wildman–Crippen MR) is 67.2 cm³/mol. The highest BCUT2D eigenvalue weighted by molar-refractivity contribution is 5.85. The largest absolute Gasteiger partial charge is 0.0654 e. The summed E-state index contributed by atoms with van der Waals surface area (Å²) in [5.74, 6) is 0. The van der Waals surface area contributed by atoms with E-state index < -0.39 is 0 Å². The molecule has 2 aromatic carbocycles. The minimum absolute atomic E-state index is 1.22. The zero-order chi connectivity index (χ0) is 10.5. The number of fused-ring (bicyclic) bond motifs is 1. The lowest BCUT2D eigenvalue weighted by atomic mass is 10.00. The van der Waals surface area contributed by atoms with E-state index in [0.29, 0.717) is 0 Å². The molecule has 0 spiro atoms. The summed E-state index contributed by atoms with van der Waals surface area (Å²) < 4.78 is 0. The molecule has 0 aliphatic heterocycles. The average Bonchev–Trinajstić information content (AvgIpc) is 2.30. The minimum atomic E-state index is 1.22. The lowest BCUT2D eigenvalue weighted by Crippen LogP contribution is -1.87. The Labute approximate surface area is 91.9 Å². The zero-order valence-electron chi connectivity index (χ0n) is 9.37. The second kappa shape index (κ2) is 4.97. The van der Waals surface area contributed by atoms with Crippen molar-refractivity contribution >= 4 is 10.8 Å². The number of rotatable bonds is 4. The highest BCUT2D eigenvalue weighted by Gasteiger charge is 1.98. The van der Waals surface area contributed by atoms with Gasteiger partial charge in [0.25, 0.3) is 0 Å². The van der Waals surface area contributed by atoms with Crippen LogP contribution in [0.1, 0.15) is 31.7 Å². The summed E-state index contributed by atoms with van der Waals surface area (Å²) >= 11 is 0. The van der Waals surface area contributed by atoms with Crippen LogP contribution in [-0.2, 0) is 6.42 Å². The molecule has 15 heavy (non-hydrogen) atoms. The van der Waals surface area contributed by atoms with Gasteiger partial charge >= 0.3 is 0 Å². The maximum atomic E-state index is 2.26. The van der Waals surface area contributed by atoms with Crippen molar-refractivity contribution in [2.75, 3.05) is 0 Å². The first-order chi connectivity index (χ1) is 7.42. The van der Waals surface area contributed by atoms with Crippen molar-refractivity contribution < 1.29 is 0 Å². The van der Waals surface area contributed by atoms with E-state index >= 15 is 0 Å². The van der Waals surface area contributed by atoms with Gasteiger partial charge in [0.1, 0.15) is 0 Å². The molecule has 2 rings (SSSR count). The molecule has 2 aromatic rings. The molecule has 78 valence electrons. The molecule has 0 bridgehead atoms. The SMILES string of the molecule is CCCCCc1cccc2ccccc12. The van der Waals surface area contributed by atoms with E-state index in [2.05, 4.69) is 49.4 Å². The number of hydrogen-bond donors (Lipinski definition) is 0. The van der Waals surface area contributed by atoms with Crippen LogP contribution in [0.2, 0.25) is 0 Å². The molecule has 0 radical (unpaired) electrons. The monoisotopic (exact) mass is 198 g/mol. The van der Waals surface area contributed by atoms with Crippen molar-refractivity contribution in [3.05, 3.63) is 48.0 Å². The zero-order valence-corrected chi connectivity index (χ0v) is 9.37.